The fourth-order valence-electron chi connectivity index (χ4n) is 5.26. The number of rotatable bonds is 6. The average Bonchev–Trinajstić information content (AvgIpc) is 3.36. The number of aromatic nitrogens is 2. The Morgan fingerprint density at radius 2 is 1.81 bits per heavy atom. The number of amides is 1. The van der Waals surface area contributed by atoms with E-state index in [9.17, 15) is 4.79 Å². The zero-order valence-electron chi connectivity index (χ0n) is 18.3. The summed E-state index contributed by atoms with van der Waals surface area (Å²) in [6.45, 7) is 4.16. The zero-order valence-corrected chi connectivity index (χ0v) is 18.3. The Hall–Kier alpha value is -2.82. The largest absolute Gasteiger partial charge is 0.491 e. The van der Waals surface area contributed by atoms with Crippen molar-refractivity contribution in [3.05, 3.63) is 59.9 Å². The van der Waals surface area contributed by atoms with Crippen molar-refractivity contribution in [1.29, 1.82) is 0 Å². The molecule has 0 bridgehead atoms. The van der Waals surface area contributed by atoms with E-state index in [4.69, 9.17) is 9.72 Å². The molecule has 1 aliphatic heterocycles. The van der Waals surface area contributed by atoms with Crippen molar-refractivity contribution >= 4 is 16.9 Å². The molecule has 1 saturated heterocycles. The topological polar surface area (TPSA) is 47.4 Å². The van der Waals surface area contributed by atoms with E-state index in [1.807, 2.05) is 24.3 Å². The number of para-hydroxylation sites is 3. The molecule has 1 saturated carbocycles. The summed E-state index contributed by atoms with van der Waals surface area (Å²) in [4.78, 5) is 20.0. The highest BCUT2D eigenvalue weighted by atomic mass is 16.5. The molecule has 1 aliphatic carbocycles. The van der Waals surface area contributed by atoms with E-state index in [0.29, 0.717) is 25.0 Å². The lowest BCUT2D eigenvalue weighted by molar-refractivity contribution is -0.130. The van der Waals surface area contributed by atoms with Crippen molar-refractivity contribution in [2.75, 3.05) is 13.2 Å². The minimum absolute atomic E-state index is 0.153. The minimum atomic E-state index is 0.153. The third-order valence-electron chi connectivity index (χ3n) is 6.89. The average molecular weight is 418 g/mol. The van der Waals surface area contributed by atoms with Crippen LogP contribution in [0.4, 0.5) is 0 Å². The molecular formula is C26H31N3O2. The quantitative estimate of drug-likeness (QED) is 0.562. The molecule has 0 radical (unpaired) electrons. The maximum atomic E-state index is 12.9. The summed E-state index contributed by atoms with van der Waals surface area (Å²) in [6.07, 6.45) is 6.66. The Morgan fingerprint density at radius 1 is 1.03 bits per heavy atom. The van der Waals surface area contributed by atoms with Gasteiger partial charge >= 0.3 is 0 Å². The fourth-order valence-corrected chi connectivity index (χ4v) is 5.26. The van der Waals surface area contributed by atoms with Gasteiger partial charge in [-0.25, -0.2) is 4.98 Å². The van der Waals surface area contributed by atoms with Gasteiger partial charge in [-0.15, -0.1) is 0 Å². The lowest BCUT2D eigenvalue weighted by atomic mass is 9.94. The summed E-state index contributed by atoms with van der Waals surface area (Å²) in [5.74, 6) is 2.40. The molecule has 0 spiro atoms. The summed E-state index contributed by atoms with van der Waals surface area (Å²) >= 11 is 0. The van der Waals surface area contributed by atoms with Crippen LogP contribution in [0.3, 0.4) is 0 Å². The molecule has 1 unspecified atom stereocenters. The molecule has 2 heterocycles. The zero-order chi connectivity index (χ0) is 21.2. The van der Waals surface area contributed by atoms with Crippen molar-refractivity contribution in [1.82, 2.24) is 14.5 Å². The maximum absolute atomic E-state index is 12.9. The minimum Gasteiger partial charge on any atom is -0.491 e. The van der Waals surface area contributed by atoms with Gasteiger partial charge in [0.15, 0.2) is 0 Å². The van der Waals surface area contributed by atoms with Crippen LogP contribution >= 0.6 is 0 Å². The highest BCUT2D eigenvalue weighted by Crippen LogP contribution is 2.34. The molecule has 1 aromatic heterocycles. The molecule has 5 rings (SSSR count). The van der Waals surface area contributed by atoms with E-state index in [-0.39, 0.29) is 5.92 Å². The molecule has 2 aromatic carbocycles. The number of benzene rings is 2. The molecule has 1 atom stereocenters. The normalized spacial score (nSPS) is 20.0. The van der Waals surface area contributed by atoms with Gasteiger partial charge in [0.2, 0.25) is 5.91 Å². The molecule has 5 heteroatoms. The van der Waals surface area contributed by atoms with Gasteiger partial charge in [-0.2, -0.15) is 0 Å². The number of hydrogen-bond acceptors (Lipinski definition) is 3. The third kappa shape index (κ3) is 4.06. The number of aryl methyl sites for hydroxylation is 1. The summed E-state index contributed by atoms with van der Waals surface area (Å²) in [5, 5.41) is 0. The number of hydrogen-bond donors (Lipinski definition) is 0. The first kappa shape index (κ1) is 20.1. The van der Waals surface area contributed by atoms with Gasteiger partial charge in [-0.1, -0.05) is 49.6 Å². The van der Waals surface area contributed by atoms with Crippen LogP contribution in [0.15, 0.2) is 48.5 Å². The second-order valence-electron chi connectivity index (χ2n) is 8.96. The van der Waals surface area contributed by atoms with E-state index in [0.717, 1.165) is 54.1 Å². The van der Waals surface area contributed by atoms with Gasteiger partial charge < -0.3 is 14.2 Å². The second kappa shape index (κ2) is 8.74. The Balaban J connectivity index is 1.37. The summed E-state index contributed by atoms with van der Waals surface area (Å²) in [5.41, 5.74) is 3.26. The van der Waals surface area contributed by atoms with E-state index in [1.165, 1.54) is 19.3 Å². The van der Waals surface area contributed by atoms with E-state index in [2.05, 4.69) is 40.7 Å². The lowest BCUT2D eigenvalue weighted by Gasteiger charge is -2.31. The van der Waals surface area contributed by atoms with Crippen molar-refractivity contribution < 1.29 is 9.53 Å². The number of nitrogens with zero attached hydrogens (tertiary/aromatic N) is 3. The van der Waals surface area contributed by atoms with Crippen LogP contribution in [0.5, 0.6) is 5.75 Å². The Morgan fingerprint density at radius 3 is 2.65 bits per heavy atom. The first-order valence-corrected chi connectivity index (χ1v) is 11.6. The molecule has 5 nitrogen and oxygen atoms in total. The van der Waals surface area contributed by atoms with Crippen LogP contribution in [-0.2, 0) is 11.3 Å². The van der Waals surface area contributed by atoms with Crippen molar-refractivity contribution in [3.63, 3.8) is 0 Å². The van der Waals surface area contributed by atoms with Crippen LogP contribution in [0, 0.1) is 6.92 Å². The predicted octanol–water partition coefficient (Wildman–Crippen LogP) is 5.07. The van der Waals surface area contributed by atoms with Gasteiger partial charge in [0, 0.05) is 24.9 Å². The highest BCUT2D eigenvalue weighted by Gasteiger charge is 2.37. The van der Waals surface area contributed by atoms with Crippen molar-refractivity contribution in [3.8, 4) is 5.75 Å². The van der Waals surface area contributed by atoms with Gasteiger partial charge in [0.05, 0.1) is 17.6 Å². The highest BCUT2D eigenvalue weighted by molar-refractivity contribution is 5.81. The maximum Gasteiger partial charge on any atom is 0.223 e. The van der Waals surface area contributed by atoms with Gasteiger partial charge in [-0.3, -0.25) is 4.79 Å². The molecule has 3 aromatic rings. The second-order valence-corrected chi connectivity index (χ2v) is 8.96. The molecule has 1 amide bonds. The number of carbonyl (C=O) groups excluding carboxylic acids is 1. The molecule has 0 N–H and O–H groups in total. The van der Waals surface area contributed by atoms with E-state index < -0.39 is 0 Å². The molecule has 162 valence electrons. The summed E-state index contributed by atoms with van der Waals surface area (Å²) in [6, 6.07) is 16.8. The van der Waals surface area contributed by atoms with Crippen LogP contribution in [-0.4, -0.2) is 39.6 Å². The predicted molar refractivity (Wildman–Crippen MR) is 122 cm³/mol. The Kier molecular flexibility index (Phi) is 5.66. The SMILES string of the molecule is Cc1ccccc1OCCn1c(C2CC(=O)N(C3CCCCC3)C2)nc2ccccc21. The summed E-state index contributed by atoms with van der Waals surface area (Å²) in [7, 11) is 0. The van der Waals surface area contributed by atoms with Gasteiger partial charge in [0.25, 0.3) is 0 Å². The van der Waals surface area contributed by atoms with Gasteiger partial charge in [0.1, 0.15) is 18.2 Å². The molecule has 2 aliphatic rings. The first-order valence-electron chi connectivity index (χ1n) is 11.6. The Bertz CT molecular complexity index is 1070. The molecule has 2 fully saturated rings. The number of carbonyl (C=O) groups is 1. The smallest absolute Gasteiger partial charge is 0.223 e. The van der Waals surface area contributed by atoms with Gasteiger partial charge in [-0.05, 0) is 43.5 Å². The molecule has 31 heavy (non-hydrogen) atoms. The fraction of sp³-hybridized carbons (Fsp3) is 0.462. The van der Waals surface area contributed by atoms with E-state index >= 15 is 0 Å². The van der Waals surface area contributed by atoms with Crippen LogP contribution in [0.2, 0.25) is 0 Å². The number of likely N-dealkylation sites (tertiary alicyclic amines) is 1. The van der Waals surface area contributed by atoms with Crippen LogP contribution in [0.1, 0.15) is 55.8 Å². The first-order chi connectivity index (χ1) is 15.2. The number of fused-ring (bicyclic) bond motifs is 1. The molecular weight excluding hydrogens is 386 g/mol. The standard InChI is InChI=1S/C26H31N3O2/c1-19-9-5-8-14-24(19)31-16-15-28-23-13-7-6-12-22(23)27-26(28)20-17-25(30)29(18-20)21-10-3-2-4-11-21/h5-9,12-14,20-21H,2-4,10-11,15-18H2,1H3. The van der Waals surface area contributed by atoms with E-state index in [1.54, 1.807) is 0 Å². The van der Waals surface area contributed by atoms with Crippen LogP contribution < -0.4 is 4.74 Å². The number of ether oxygens (including phenoxy) is 1. The van der Waals surface area contributed by atoms with Crippen LogP contribution in [0.25, 0.3) is 11.0 Å². The third-order valence-corrected chi connectivity index (χ3v) is 6.89. The number of imidazole rings is 1. The van der Waals surface area contributed by atoms with Crippen molar-refractivity contribution in [2.24, 2.45) is 0 Å². The Labute approximate surface area is 184 Å². The summed E-state index contributed by atoms with van der Waals surface area (Å²) < 4.78 is 8.36. The lowest BCUT2D eigenvalue weighted by Crippen LogP contribution is -2.37. The monoisotopic (exact) mass is 417 g/mol. The van der Waals surface area contributed by atoms with Crippen molar-refractivity contribution in [2.45, 2.75) is 64.0 Å².